The summed E-state index contributed by atoms with van der Waals surface area (Å²) in [5, 5.41) is 0. The van der Waals surface area contributed by atoms with Gasteiger partial charge in [-0.2, -0.15) is 0 Å². The number of hydrogen-bond acceptors (Lipinski definition) is 4. The first-order valence-electron chi connectivity index (χ1n) is 7.80. The Hall–Kier alpha value is -1.31. The van der Waals surface area contributed by atoms with Crippen molar-refractivity contribution in [3.8, 4) is 0 Å². The van der Waals surface area contributed by atoms with Gasteiger partial charge in [-0.1, -0.05) is 13.2 Å². The molecule has 0 spiro atoms. The van der Waals surface area contributed by atoms with Gasteiger partial charge < -0.3 is 23.5 Å². The van der Waals surface area contributed by atoms with E-state index in [-0.39, 0.29) is 29.8 Å². The van der Waals surface area contributed by atoms with Crippen LogP contribution in [0.1, 0.15) is 6.42 Å². The first-order valence-corrected chi connectivity index (χ1v) is 9.49. The van der Waals surface area contributed by atoms with Crippen molar-refractivity contribution < 1.29 is 37.6 Å². The molecule has 25 heavy (non-hydrogen) atoms. The first kappa shape index (κ1) is 23.7. The molecule has 0 fully saturated rings. The van der Waals surface area contributed by atoms with E-state index in [2.05, 4.69) is 13.2 Å². The fraction of sp³-hybridized carbons (Fsp3) is 0.625. The maximum absolute atomic E-state index is 12.2. The van der Waals surface area contributed by atoms with Crippen LogP contribution < -0.4 is 0 Å². The van der Waals surface area contributed by atoms with Crippen LogP contribution in [0.15, 0.2) is 25.3 Å². The van der Waals surface area contributed by atoms with Crippen LogP contribution in [-0.2, 0) is 18.9 Å². The molecule has 9 heteroatoms. The van der Waals surface area contributed by atoms with Gasteiger partial charge in [-0.3, -0.25) is 9.36 Å². The maximum atomic E-state index is 12.2. The van der Waals surface area contributed by atoms with Crippen LogP contribution in [0.2, 0.25) is 0 Å². The van der Waals surface area contributed by atoms with Crippen LogP contribution in [0.5, 0.6) is 0 Å². The molecule has 0 radical (unpaired) electrons. The minimum Gasteiger partial charge on any atom is -0.446 e. The van der Waals surface area contributed by atoms with E-state index in [1.165, 1.54) is 6.08 Å². The van der Waals surface area contributed by atoms with Crippen molar-refractivity contribution in [2.45, 2.75) is 18.3 Å². The standard InChI is InChI=1S/C16H29N2O6P/c1-8-13(19)10-11-18(6,7)16(25(21,22)23)14(12-17(3,4)5)24-15(20)9-2/h8-9,14,16H,1-2,10-12H2,3-7H3/p+2. The Kier molecular flexibility index (Phi) is 8.41. The third kappa shape index (κ3) is 8.56. The summed E-state index contributed by atoms with van der Waals surface area (Å²) in [6, 6.07) is 0. The zero-order valence-corrected chi connectivity index (χ0v) is 16.6. The number of likely N-dealkylation sites (N-methyl/N-ethyl adjacent to an activating group) is 2. The first-order chi connectivity index (χ1) is 11.1. The molecule has 0 aromatic rings. The van der Waals surface area contributed by atoms with Crippen LogP contribution >= 0.6 is 7.60 Å². The van der Waals surface area contributed by atoms with Crippen LogP contribution in [0, 0.1) is 0 Å². The Morgan fingerprint density at radius 3 is 2.00 bits per heavy atom. The summed E-state index contributed by atoms with van der Waals surface area (Å²) in [6.07, 6.45) is 1.16. The van der Waals surface area contributed by atoms with E-state index in [4.69, 9.17) is 4.74 Å². The maximum Gasteiger partial charge on any atom is 0.386 e. The predicted octanol–water partition coefficient (Wildman–Crippen LogP) is 0.516. The number of nitrogens with zero attached hydrogens (tertiary/aromatic N) is 2. The highest BCUT2D eigenvalue weighted by Crippen LogP contribution is 2.47. The van der Waals surface area contributed by atoms with E-state index < -0.39 is 25.5 Å². The summed E-state index contributed by atoms with van der Waals surface area (Å²) in [7, 11) is 4.02. The molecule has 2 atom stereocenters. The van der Waals surface area contributed by atoms with E-state index in [0.29, 0.717) is 4.48 Å². The highest BCUT2D eigenvalue weighted by Gasteiger charge is 2.52. The second-order valence-corrected chi connectivity index (χ2v) is 9.29. The zero-order chi connectivity index (χ0) is 20.1. The van der Waals surface area contributed by atoms with Crippen LogP contribution in [-0.4, -0.2) is 90.7 Å². The summed E-state index contributed by atoms with van der Waals surface area (Å²) >= 11 is 0. The number of allylic oxidation sites excluding steroid dienone is 1. The van der Waals surface area contributed by atoms with Gasteiger partial charge in [0.15, 0.2) is 5.78 Å². The second-order valence-electron chi connectivity index (χ2n) is 7.58. The van der Waals surface area contributed by atoms with E-state index >= 15 is 0 Å². The number of ether oxygens (including phenoxy) is 1. The molecular formula is C16H31N2O6P+2. The van der Waals surface area contributed by atoms with Crippen LogP contribution in [0.4, 0.5) is 0 Å². The van der Waals surface area contributed by atoms with Gasteiger partial charge in [-0.05, 0) is 6.08 Å². The number of quaternary nitrogens is 2. The average molecular weight is 378 g/mol. The van der Waals surface area contributed by atoms with Gasteiger partial charge in [0.1, 0.15) is 6.54 Å². The molecule has 0 saturated carbocycles. The Balaban J connectivity index is 5.84. The van der Waals surface area contributed by atoms with Crippen molar-refractivity contribution in [3.63, 3.8) is 0 Å². The molecule has 0 heterocycles. The van der Waals surface area contributed by atoms with E-state index in [1.807, 2.05) is 21.1 Å². The smallest absolute Gasteiger partial charge is 0.386 e. The summed E-state index contributed by atoms with van der Waals surface area (Å²) < 4.78 is 17.7. The molecule has 2 N–H and O–H groups in total. The number of esters is 1. The number of hydrogen-bond donors (Lipinski definition) is 2. The minimum absolute atomic E-state index is 0.0828. The molecular weight excluding hydrogens is 347 g/mol. The van der Waals surface area contributed by atoms with Crippen molar-refractivity contribution in [1.29, 1.82) is 0 Å². The summed E-state index contributed by atoms with van der Waals surface area (Å²) in [4.78, 5) is 43.1. The Labute approximate surface area is 149 Å². The van der Waals surface area contributed by atoms with Gasteiger partial charge >= 0.3 is 13.6 Å². The van der Waals surface area contributed by atoms with Gasteiger partial charge in [0.05, 0.1) is 48.2 Å². The van der Waals surface area contributed by atoms with E-state index in [0.717, 1.165) is 6.08 Å². The Morgan fingerprint density at radius 2 is 1.64 bits per heavy atom. The van der Waals surface area contributed by atoms with Gasteiger partial charge in [-0.15, -0.1) is 0 Å². The molecule has 0 saturated heterocycles. The molecule has 0 aliphatic carbocycles. The summed E-state index contributed by atoms with van der Waals surface area (Å²) in [5.74, 6) is -2.28. The number of carbonyl (C=O) groups excluding carboxylic acids is 2. The Bertz CT molecular complexity index is 561. The van der Waals surface area contributed by atoms with Crippen molar-refractivity contribution in [1.82, 2.24) is 0 Å². The van der Waals surface area contributed by atoms with Crippen molar-refractivity contribution >= 4 is 19.3 Å². The minimum atomic E-state index is -4.66. The lowest BCUT2D eigenvalue weighted by Gasteiger charge is -2.42. The SMILES string of the molecule is C=CC(=O)CC[N+](C)(C)C(C(C[N+](C)(C)C)OC(=O)C=C)P(=O)(O)O. The molecule has 2 unspecified atom stereocenters. The molecule has 0 aliphatic rings. The van der Waals surface area contributed by atoms with Crippen molar-refractivity contribution in [3.05, 3.63) is 25.3 Å². The van der Waals surface area contributed by atoms with Gasteiger partial charge in [0, 0.05) is 6.08 Å². The monoisotopic (exact) mass is 378 g/mol. The lowest BCUT2D eigenvalue weighted by Crippen LogP contribution is -2.59. The van der Waals surface area contributed by atoms with Gasteiger partial charge in [-0.25, -0.2) is 4.79 Å². The normalized spacial score (nSPS) is 15.2. The van der Waals surface area contributed by atoms with E-state index in [9.17, 15) is 23.9 Å². The van der Waals surface area contributed by atoms with Crippen LogP contribution in [0.3, 0.4) is 0 Å². The van der Waals surface area contributed by atoms with Crippen molar-refractivity contribution in [2.24, 2.45) is 0 Å². The Morgan fingerprint density at radius 1 is 1.12 bits per heavy atom. The molecule has 8 nitrogen and oxygen atoms in total. The second kappa shape index (κ2) is 8.87. The fourth-order valence-electron chi connectivity index (χ4n) is 2.64. The predicted molar refractivity (Wildman–Crippen MR) is 95.6 cm³/mol. The molecule has 0 amide bonds. The highest BCUT2D eigenvalue weighted by atomic mass is 31.2. The van der Waals surface area contributed by atoms with Crippen molar-refractivity contribution in [2.75, 3.05) is 48.3 Å². The van der Waals surface area contributed by atoms with Gasteiger partial charge in [0.25, 0.3) is 0 Å². The lowest BCUT2D eigenvalue weighted by molar-refractivity contribution is -0.916. The van der Waals surface area contributed by atoms with E-state index in [1.54, 1.807) is 14.1 Å². The third-order valence-corrected chi connectivity index (χ3v) is 5.36. The molecule has 0 rings (SSSR count). The summed E-state index contributed by atoms with van der Waals surface area (Å²) in [6.45, 7) is 7.08. The number of carbonyl (C=O) groups is 2. The largest absolute Gasteiger partial charge is 0.446 e. The zero-order valence-electron chi connectivity index (χ0n) is 15.7. The average Bonchev–Trinajstić information content (AvgIpc) is 2.40. The summed E-state index contributed by atoms with van der Waals surface area (Å²) in [5.41, 5.74) is 0. The third-order valence-electron chi connectivity index (χ3n) is 3.72. The highest BCUT2D eigenvalue weighted by molar-refractivity contribution is 7.52. The van der Waals surface area contributed by atoms with Crippen LogP contribution in [0.25, 0.3) is 0 Å². The van der Waals surface area contributed by atoms with Gasteiger partial charge in [0.2, 0.25) is 11.9 Å². The lowest BCUT2D eigenvalue weighted by atomic mass is 10.2. The number of ketones is 1. The quantitative estimate of drug-likeness (QED) is 0.235. The molecule has 0 aliphatic heterocycles. The molecule has 144 valence electrons. The number of rotatable bonds is 11. The molecule has 0 aromatic carbocycles. The topological polar surface area (TPSA) is 101 Å². The molecule has 0 bridgehead atoms. The fourth-order valence-corrected chi connectivity index (χ4v) is 4.15. The molecule has 0 aromatic heterocycles.